The van der Waals surface area contributed by atoms with E-state index in [0.717, 1.165) is 17.7 Å². The number of hydrogen-bond donors (Lipinski definition) is 2. The number of para-hydroxylation sites is 1. The number of aryl methyl sites for hydroxylation is 1. The molecule has 2 N–H and O–H groups in total. The fourth-order valence-electron chi connectivity index (χ4n) is 3.11. The van der Waals surface area contributed by atoms with Crippen molar-refractivity contribution in [3.63, 3.8) is 0 Å². The molecule has 0 aliphatic rings. The minimum absolute atomic E-state index is 0.318. The molecule has 0 atom stereocenters. The predicted octanol–water partition coefficient (Wildman–Crippen LogP) is 3.57. The maximum absolute atomic E-state index is 12.9. The van der Waals surface area contributed by atoms with Crippen LogP contribution in [0.15, 0.2) is 85.3 Å². The Bertz CT molecular complexity index is 1190. The molecule has 0 aliphatic heterocycles. The second kappa shape index (κ2) is 9.04. The first-order valence-electron chi connectivity index (χ1n) is 9.91. The molecular weight excluding hydrogens is 390 g/mol. The molecule has 0 spiro atoms. The second-order valence-corrected chi connectivity index (χ2v) is 6.87. The van der Waals surface area contributed by atoms with E-state index in [2.05, 4.69) is 20.9 Å². The van der Waals surface area contributed by atoms with Crippen LogP contribution >= 0.6 is 0 Å². The van der Waals surface area contributed by atoms with Crippen LogP contribution in [-0.2, 0) is 6.42 Å². The largest absolute Gasteiger partial charge is 0.273 e. The number of carbonyl (C=O) groups excluding carboxylic acids is 2. The number of benzene rings is 2. The third-order valence-corrected chi connectivity index (χ3v) is 4.83. The molecule has 0 saturated carbocycles. The smallest absolute Gasteiger partial charge is 0.267 e. The van der Waals surface area contributed by atoms with E-state index >= 15 is 0 Å². The Labute approximate surface area is 179 Å². The van der Waals surface area contributed by atoms with Gasteiger partial charge in [0.2, 0.25) is 0 Å². The number of hydrogen-bond acceptors (Lipinski definition) is 4. The summed E-state index contributed by atoms with van der Waals surface area (Å²) in [5.41, 5.74) is 8.85. The highest BCUT2D eigenvalue weighted by Crippen LogP contribution is 2.23. The van der Waals surface area contributed by atoms with Gasteiger partial charge in [0.25, 0.3) is 11.8 Å². The highest BCUT2D eigenvalue weighted by molar-refractivity contribution is 6.02. The Morgan fingerprint density at radius 3 is 2.32 bits per heavy atom. The van der Waals surface area contributed by atoms with Crippen LogP contribution in [0, 0.1) is 0 Å². The SMILES string of the molecule is CCc1ccc(C(=O)NNC(=O)c2cn(-c3ccccc3)nc2-c2cccnc2)cc1. The highest BCUT2D eigenvalue weighted by Gasteiger charge is 2.19. The van der Waals surface area contributed by atoms with E-state index in [1.54, 1.807) is 41.5 Å². The molecule has 2 amide bonds. The second-order valence-electron chi connectivity index (χ2n) is 6.87. The van der Waals surface area contributed by atoms with Crippen LogP contribution in [0.4, 0.5) is 0 Å². The molecule has 7 heteroatoms. The molecule has 2 aromatic carbocycles. The number of aromatic nitrogens is 3. The zero-order valence-electron chi connectivity index (χ0n) is 16.9. The van der Waals surface area contributed by atoms with E-state index < -0.39 is 11.8 Å². The lowest BCUT2D eigenvalue weighted by atomic mass is 10.1. The normalized spacial score (nSPS) is 10.5. The number of hydrazine groups is 1. The zero-order valence-corrected chi connectivity index (χ0v) is 16.9. The number of rotatable bonds is 5. The molecule has 0 fully saturated rings. The van der Waals surface area contributed by atoms with E-state index in [-0.39, 0.29) is 0 Å². The maximum atomic E-state index is 12.9. The fourth-order valence-corrected chi connectivity index (χ4v) is 3.11. The van der Waals surface area contributed by atoms with Crippen molar-refractivity contribution in [2.75, 3.05) is 0 Å². The fraction of sp³-hybridized carbons (Fsp3) is 0.0833. The van der Waals surface area contributed by atoms with E-state index in [1.165, 1.54) is 0 Å². The van der Waals surface area contributed by atoms with Crippen molar-refractivity contribution in [1.29, 1.82) is 0 Å². The molecule has 2 aromatic heterocycles. The molecule has 7 nitrogen and oxygen atoms in total. The van der Waals surface area contributed by atoms with Gasteiger partial charge in [-0.1, -0.05) is 37.3 Å². The van der Waals surface area contributed by atoms with Gasteiger partial charge < -0.3 is 0 Å². The molecule has 31 heavy (non-hydrogen) atoms. The van der Waals surface area contributed by atoms with E-state index in [1.807, 2.05) is 55.5 Å². The standard InChI is InChI=1S/C24H21N5O2/c1-2-17-10-12-18(13-11-17)23(30)26-27-24(31)21-16-29(20-8-4-3-5-9-20)28-22(21)19-7-6-14-25-15-19/h3-16H,2H2,1H3,(H,26,30)(H,27,31). The van der Waals surface area contributed by atoms with Gasteiger partial charge in [0.1, 0.15) is 5.69 Å². The summed E-state index contributed by atoms with van der Waals surface area (Å²) in [7, 11) is 0. The number of pyridine rings is 1. The van der Waals surface area contributed by atoms with Crippen LogP contribution in [0.3, 0.4) is 0 Å². The van der Waals surface area contributed by atoms with Crippen molar-refractivity contribution in [2.45, 2.75) is 13.3 Å². The topological polar surface area (TPSA) is 88.9 Å². The Morgan fingerprint density at radius 2 is 1.65 bits per heavy atom. The number of nitrogens with one attached hydrogen (secondary N) is 2. The van der Waals surface area contributed by atoms with Gasteiger partial charge in [-0.3, -0.25) is 25.4 Å². The Hall–Kier alpha value is -4.26. The molecule has 0 saturated heterocycles. The lowest BCUT2D eigenvalue weighted by molar-refractivity contribution is 0.0847. The number of amides is 2. The van der Waals surface area contributed by atoms with Gasteiger partial charge in [0, 0.05) is 29.7 Å². The summed E-state index contributed by atoms with van der Waals surface area (Å²) in [5, 5.41) is 4.58. The molecule has 0 aliphatic carbocycles. The molecule has 0 radical (unpaired) electrons. The summed E-state index contributed by atoms with van der Waals surface area (Å²) in [4.78, 5) is 29.4. The Morgan fingerprint density at radius 1 is 0.903 bits per heavy atom. The molecule has 0 unspecified atom stereocenters. The average molecular weight is 411 g/mol. The molecule has 0 bridgehead atoms. The molecular formula is C24H21N5O2. The van der Waals surface area contributed by atoms with Gasteiger partial charge in [-0.05, 0) is 48.4 Å². The third-order valence-electron chi connectivity index (χ3n) is 4.83. The first-order chi connectivity index (χ1) is 15.2. The minimum Gasteiger partial charge on any atom is -0.267 e. The van der Waals surface area contributed by atoms with Gasteiger partial charge in [-0.15, -0.1) is 0 Å². The maximum Gasteiger partial charge on any atom is 0.273 e. The summed E-state index contributed by atoms with van der Waals surface area (Å²) in [6.45, 7) is 2.05. The molecule has 154 valence electrons. The van der Waals surface area contributed by atoms with Crippen LogP contribution in [0.25, 0.3) is 16.9 Å². The van der Waals surface area contributed by atoms with Crippen molar-refractivity contribution in [1.82, 2.24) is 25.6 Å². The van der Waals surface area contributed by atoms with Crippen LogP contribution in [0.5, 0.6) is 0 Å². The van der Waals surface area contributed by atoms with Crippen molar-refractivity contribution >= 4 is 11.8 Å². The van der Waals surface area contributed by atoms with E-state index in [0.29, 0.717) is 22.4 Å². The Balaban J connectivity index is 1.57. The summed E-state index contributed by atoms with van der Waals surface area (Å²) < 4.78 is 1.63. The van der Waals surface area contributed by atoms with Crippen molar-refractivity contribution in [2.24, 2.45) is 0 Å². The summed E-state index contributed by atoms with van der Waals surface area (Å²) >= 11 is 0. The molecule has 4 aromatic rings. The van der Waals surface area contributed by atoms with Crippen molar-refractivity contribution in [3.8, 4) is 16.9 Å². The van der Waals surface area contributed by atoms with Crippen molar-refractivity contribution < 1.29 is 9.59 Å². The highest BCUT2D eigenvalue weighted by atomic mass is 16.2. The third kappa shape index (κ3) is 4.51. The summed E-state index contributed by atoms with van der Waals surface area (Å²) in [6.07, 6.45) is 5.82. The zero-order chi connectivity index (χ0) is 21.6. The van der Waals surface area contributed by atoms with Crippen molar-refractivity contribution in [3.05, 3.63) is 102 Å². The summed E-state index contributed by atoms with van der Waals surface area (Å²) in [5.74, 6) is -0.867. The number of nitrogens with zero attached hydrogens (tertiary/aromatic N) is 3. The van der Waals surface area contributed by atoms with Gasteiger partial charge in [-0.2, -0.15) is 5.10 Å². The predicted molar refractivity (Wildman–Crippen MR) is 118 cm³/mol. The van der Waals surface area contributed by atoms with Gasteiger partial charge in [0.05, 0.1) is 11.3 Å². The summed E-state index contributed by atoms with van der Waals surface area (Å²) in [6, 6.07) is 20.3. The molecule has 2 heterocycles. The van der Waals surface area contributed by atoms with Crippen LogP contribution in [-0.4, -0.2) is 26.6 Å². The van der Waals surface area contributed by atoms with E-state index in [9.17, 15) is 9.59 Å². The van der Waals surface area contributed by atoms with E-state index in [4.69, 9.17) is 0 Å². The van der Waals surface area contributed by atoms with Crippen LogP contribution < -0.4 is 10.9 Å². The first kappa shape index (κ1) is 20.0. The van der Waals surface area contributed by atoms with Gasteiger partial charge in [-0.25, -0.2) is 4.68 Å². The van der Waals surface area contributed by atoms with Gasteiger partial charge >= 0.3 is 0 Å². The Kier molecular flexibility index (Phi) is 5.84. The van der Waals surface area contributed by atoms with Crippen LogP contribution in [0.1, 0.15) is 33.2 Å². The minimum atomic E-state index is -0.473. The van der Waals surface area contributed by atoms with Crippen LogP contribution in [0.2, 0.25) is 0 Å². The number of carbonyl (C=O) groups is 2. The van der Waals surface area contributed by atoms with Gasteiger partial charge in [0.15, 0.2) is 0 Å². The lowest BCUT2D eigenvalue weighted by Gasteiger charge is -2.08. The average Bonchev–Trinajstić information content (AvgIpc) is 3.29. The quantitative estimate of drug-likeness (QED) is 0.492. The molecule has 4 rings (SSSR count). The lowest BCUT2D eigenvalue weighted by Crippen LogP contribution is -2.41. The monoisotopic (exact) mass is 411 g/mol. The first-order valence-corrected chi connectivity index (χ1v) is 9.91.